The smallest absolute Gasteiger partial charge is 0.325 e. The number of carbonyl (C=O) groups is 1. The second kappa shape index (κ2) is 5.57. The molecule has 4 heteroatoms. The number of ether oxygens (including phenoxy) is 1. The Morgan fingerprint density at radius 3 is 2.83 bits per heavy atom. The van der Waals surface area contributed by atoms with Crippen molar-refractivity contribution in [2.24, 2.45) is 5.73 Å². The van der Waals surface area contributed by atoms with Crippen LogP contribution in [0.3, 0.4) is 0 Å². The van der Waals surface area contributed by atoms with E-state index in [0.717, 1.165) is 25.8 Å². The summed E-state index contributed by atoms with van der Waals surface area (Å²) < 4.78 is 4.84. The molecule has 0 amide bonds. The zero-order valence-corrected chi connectivity index (χ0v) is 11.7. The van der Waals surface area contributed by atoms with E-state index in [1.165, 1.54) is 32.8 Å². The van der Waals surface area contributed by atoms with Gasteiger partial charge in [-0.1, -0.05) is 12.8 Å². The first-order valence-electron chi connectivity index (χ1n) is 7.20. The molecule has 0 aromatic heterocycles. The van der Waals surface area contributed by atoms with E-state index in [4.69, 9.17) is 10.5 Å². The molecule has 4 nitrogen and oxygen atoms in total. The molecule has 3 unspecified atom stereocenters. The highest BCUT2D eigenvalue weighted by Gasteiger charge is 2.45. The predicted octanol–water partition coefficient (Wildman–Crippen LogP) is 1.67. The molecule has 0 bridgehead atoms. The molecule has 18 heavy (non-hydrogen) atoms. The minimum absolute atomic E-state index is 0.243. The second-order valence-electron chi connectivity index (χ2n) is 5.98. The SMILES string of the molecule is COC(=O)C1(N)CCC(N2CCCCCC2C)C1. The number of likely N-dealkylation sites (tertiary alicyclic amines) is 1. The number of rotatable bonds is 2. The predicted molar refractivity (Wildman–Crippen MR) is 71.2 cm³/mol. The summed E-state index contributed by atoms with van der Waals surface area (Å²) in [6, 6.07) is 1.08. The van der Waals surface area contributed by atoms with Crippen molar-refractivity contribution in [1.29, 1.82) is 0 Å². The van der Waals surface area contributed by atoms with Gasteiger partial charge in [-0.3, -0.25) is 9.69 Å². The summed E-state index contributed by atoms with van der Waals surface area (Å²) in [5.74, 6) is -0.243. The third kappa shape index (κ3) is 2.69. The molecule has 1 aliphatic heterocycles. The number of nitrogens with zero attached hydrogens (tertiary/aromatic N) is 1. The van der Waals surface area contributed by atoms with E-state index in [2.05, 4.69) is 11.8 Å². The van der Waals surface area contributed by atoms with Gasteiger partial charge in [0.2, 0.25) is 0 Å². The number of nitrogens with two attached hydrogens (primary N) is 1. The lowest BCUT2D eigenvalue weighted by Crippen LogP contribution is -2.49. The van der Waals surface area contributed by atoms with Crippen molar-refractivity contribution in [2.45, 2.75) is 69.5 Å². The Morgan fingerprint density at radius 1 is 1.33 bits per heavy atom. The van der Waals surface area contributed by atoms with Crippen molar-refractivity contribution in [3.63, 3.8) is 0 Å². The maximum absolute atomic E-state index is 11.7. The first-order valence-corrected chi connectivity index (χ1v) is 7.20. The molecular formula is C14H26N2O2. The standard InChI is InChI=1S/C14H26N2O2/c1-11-6-4-3-5-9-16(11)12-7-8-14(15,10-12)13(17)18-2/h11-12H,3-10,15H2,1-2H3. The van der Waals surface area contributed by atoms with Crippen LogP contribution in [0, 0.1) is 0 Å². The van der Waals surface area contributed by atoms with Crippen molar-refractivity contribution in [3.05, 3.63) is 0 Å². The van der Waals surface area contributed by atoms with Crippen LogP contribution in [-0.4, -0.2) is 42.1 Å². The van der Waals surface area contributed by atoms with E-state index < -0.39 is 5.54 Å². The Morgan fingerprint density at radius 2 is 2.11 bits per heavy atom. The van der Waals surface area contributed by atoms with Gasteiger partial charge in [0.05, 0.1) is 7.11 Å². The Kier molecular flexibility index (Phi) is 4.28. The Bertz CT molecular complexity index is 308. The lowest BCUT2D eigenvalue weighted by Gasteiger charge is -2.33. The molecule has 2 rings (SSSR count). The van der Waals surface area contributed by atoms with Crippen LogP contribution in [0.2, 0.25) is 0 Å². The highest BCUT2D eigenvalue weighted by Crippen LogP contribution is 2.34. The van der Waals surface area contributed by atoms with Gasteiger partial charge >= 0.3 is 5.97 Å². The normalized spacial score (nSPS) is 38.4. The highest BCUT2D eigenvalue weighted by molar-refractivity contribution is 5.81. The van der Waals surface area contributed by atoms with Crippen LogP contribution in [0.15, 0.2) is 0 Å². The molecule has 1 saturated carbocycles. The van der Waals surface area contributed by atoms with E-state index >= 15 is 0 Å². The molecule has 104 valence electrons. The Labute approximate surface area is 110 Å². The average molecular weight is 254 g/mol. The molecule has 1 saturated heterocycles. The molecular weight excluding hydrogens is 228 g/mol. The summed E-state index contributed by atoms with van der Waals surface area (Å²) in [4.78, 5) is 14.3. The molecule has 2 N–H and O–H groups in total. The summed E-state index contributed by atoms with van der Waals surface area (Å²) in [5.41, 5.74) is 5.45. The molecule has 2 fully saturated rings. The van der Waals surface area contributed by atoms with Gasteiger partial charge in [-0.15, -0.1) is 0 Å². The van der Waals surface area contributed by atoms with Crippen LogP contribution in [-0.2, 0) is 9.53 Å². The van der Waals surface area contributed by atoms with Gasteiger partial charge in [0.25, 0.3) is 0 Å². The van der Waals surface area contributed by atoms with Gasteiger partial charge in [-0.2, -0.15) is 0 Å². The van der Waals surface area contributed by atoms with Crippen molar-refractivity contribution < 1.29 is 9.53 Å². The maximum Gasteiger partial charge on any atom is 0.325 e. The van der Waals surface area contributed by atoms with E-state index in [1.54, 1.807) is 0 Å². The van der Waals surface area contributed by atoms with Crippen LogP contribution in [0.25, 0.3) is 0 Å². The topological polar surface area (TPSA) is 55.6 Å². The van der Waals surface area contributed by atoms with Gasteiger partial charge in [0, 0.05) is 12.1 Å². The highest BCUT2D eigenvalue weighted by atomic mass is 16.5. The van der Waals surface area contributed by atoms with Gasteiger partial charge < -0.3 is 10.5 Å². The molecule has 0 radical (unpaired) electrons. The first-order chi connectivity index (χ1) is 8.57. The van der Waals surface area contributed by atoms with Gasteiger partial charge in [-0.25, -0.2) is 0 Å². The van der Waals surface area contributed by atoms with Crippen LogP contribution in [0.4, 0.5) is 0 Å². The van der Waals surface area contributed by atoms with Gasteiger partial charge in [0.15, 0.2) is 0 Å². The molecule has 1 heterocycles. The van der Waals surface area contributed by atoms with Crippen molar-refractivity contribution in [1.82, 2.24) is 4.90 Å². The van der Waals surface area contributed by atoms with E-state index in [9.17, 15) is 4.79 Å². The van der Waals surface area contributed by atoms with Gasteiger partial charge in [0.1, 0.15) is 5.54 Å². The first kappa shape index (κ1) is 13.8. The number of esters is 1. The summed E-state index contributed by atoms with van der Waals surface area (Å²) in [5, 5.41) is 0. The number of hydrogen-bond acceptors (Lipinski definition) is 4. The Balaban J connectivity index is 2.01. The fraction of sp³-hybridized carbons (Fsp3) is 0.929. The van der Waals surface area contributed by atoms with Crippen molar-refractivity contribution in [2.75, 3.05) is 13.7 Å². The lowest BCUT2D eigenvalue weighted by molar-refractivity contribution is -0.147. The van der Waals surface area contributed by atoms with Crippen molar-refractivity contribution in [3.8, 4) is 0 Å². The third-order valence-electron chi connectivity index (χ3n) is 4.69. The zero-order chi connectivity index (χ0) is 13.2. The minimum atomic E-state index is -0.745. The molecule has 3 atom stereocenters. The van der Waals surface area contributed by atoms with Gasteiger partial charge in [-0.05, 0) is 45.6 Å². The molecule has 0 aromatic rings. The quantitative estimate of drug-likeness (QED) is 0.762. The minimum Gasteiger partial charge on any atom is -0.468 e. The van der Waals surface area contributed by atoms with Crippen molar-refractivity contribution >= 4 is 5.97 Å². The summed E-state index contributed by atoms with van der Waals surface area (Å²) in [7, 11) is 1.43. The number of carbonyl (C=O) groups excluding carboxylic acids is 1. The average Bonchev–Trinajstić information content (AvgIpc) is 2.63. The summed E-state index contributed by atoms with van der Waals surface area (Å²) in [6.45, 7) is 3.46. The van der Waals surface area contributed by atoms with E-state index in [-0.39, 0.29) is 5.97 Å². The van der Waals surface area contributed by atoms with E-state index in [0.29, 0.717) is 12.1 Å². The Hall–Kier alpha value is -0.610. The molecule has 0 spiro atoms. The third-order valence-corrected chi connectivity index (χ3v) is 4.69. The fourth-order valence-corrected chi connectivity index (χ4v) is 3.56. The molecule has 0 aromatic carbocycles. The monoisotopic (exact) mass is 254 g/mol. The zero-order valence-electron chi connectivity index (χ0n) is 11.7. The number of methoxy groups -OCH3 is 1. The fourth-order valence-electron chi connectivity index (χ4n) is 3.56. The maximum atomic E-state index is 11.7. The summed E-state index contributed by atoms with van der Waals surface area (Å²) in [6.07, 6.45) is 7.74. The largest absolute Gasteiger partial charge is 0.468 e. The summed E-state index contributed by atoms with van der Waals surface area (Å²) >= 11 is 0. The van der Waals surface area contributed by atoms with E-state index in [1.807, 2.05) is 0 Å². The second-order valence-corrected chi connectivity index (χ2v) is 5.98. The molecule has 1 aliphatic carbocycles. The number of hydrogen-bond donors (Lipinski definition) is 1. The van der Waals surface area contributed by atoms with Crippen LogP contribution >= 0.6 is 0 Å². The van der Waals surface area contributed by atoms with Crippen LogP contribution in [0.5, 0.6) is 0 Å². The van der Waals surface area contributed by atoms with Crippen LogP contribution < -0.4 is 5.73 Å². The molecule has 2 aliphatic rings. The van der Waals surface area contributed by atoms with Crippen LogP contribution in [0.1, 0.15) is 51.9 Å². The lowest BCUT2D eigenvalue weighted by atomic mass is 9.98.